The molecule has 0 radical (unpaired) electrons. The van der Waals surface area contributed by atoms with Crippen molar-refractivity contribution in [3.8, 4) is 6.19 Å². The molecule has 0 saturated carbocycles. The summed E-state index contributed by atoms with van der Waals surface area (Å²) >= 11 is 0. The number of hydrogen-bond donors (Lipinski definition) is 1. The van der Waals surface area contributed by atoms with Gasteiger partial charge in [0.2, 0.25) is 0 Å². The molecule has 2 nitrogen and oxygen atoms in total. The van der Waals surface area contributed by atoms with E-state index < -0.39 is 0 Å². The summed E-state index contributed by atoms with van der Waals surface area (Å²) in [6.45, 7) is 5.82. The van der Waals surface area contributed by atoms with Gasteiger partial charge in [0.05, 0.1) is 0 Å². The van der Waals surface area contributed by atoms with Crippen LogP contribution in [0.3, 0.4) is 0 Å². The van der Waals surface area contributed by atoms with Crippen molar-refractivity contribution in [2.45, 2.75) is 26.3 Å². The average Bonchev–Trinajstić information content (AvgIpc) is 1.30. The Morgan fingerprint density at radius 2 is 1.86 bits per heavy atom. The largest absolute Gasteiger partial charge is 0.319 e. The van der Waals surface area contributed by atoms with Gasteiger partial charge in [-0.3, -0.25) is 0 Å². The van der Waals surface area contributed by atoms with Crippen LogP contribution in [0.25, 0.3) is 0 Å². The average molecular weight is 98.1 g/mol. The summed E-state index contributed by atoms with van der Waals surface area (Å²) in [4.78, 5) is 0. The van der Waals surface area contributed by atoms with E-state index in [2.05, 4.69) is 5.32 Å². The van der Waals surface area contributed by atoms with Crippen LogP contribution < -0.4 is 5.32 Å². The highest BCUT2D eigenvalue weighted by Gasteiger charge is 2.04. The van der Waals surface area contributed by atoms with Crippen molar-refractivity contribution in [2.24, 2.45) is 0 Å². The van der Waals surface area contributed by atoms with Crippen LogP contribution in [0.2, 0.25) is 0 Å². The number of nitriles is 1. The van der Waals surface area contributed by atoms with Crippen molar-refractivity contribution in [1.29, 1.82) is 5.26 Å². The third-order valence-corrected chi connectivity index (χ3v) is 0.431. The van der Waals surface area contributed by atoms with Crippen LogP contribution in [0.5, 0.6) is 0 Å². The molecule has 7 heavy (non-hydrogen) atoms. The Bertz CT molecular complexity index is 83.2. The van der Waals surface area contributed by atoms with Gasteiger partial charge in [-0.05, 0) is 20.8 Å². The van der Waals surface area contributed by atoms with Gasteiger partial charge in [-0.1, -0.05) is 0 Å². The Kier molecular flexibility index (Phi) is 1.65. The van der Waals surface area contributed by atoms with Crippen LogP contribution in [0.15, 0.2) is 0 Å². The highest BCUT2D eigenvalue weighted by atomic mass is 14.9. The minimum atomic E-state index is -0.0608. The zero-order valence-electron chi connectivity index (χ0n) is 4.95. The lowest BCUT2D eigenvalue weighted by molar-refractivity contribution is 0.499. The van der Waals surface area contributed by atoms with E-state index in [-0.39, 0.29) is 5.54 Å². The second-order valence-corrected chi connectivity index (χ2v) is 2.49. The zero-order chi connectivity index (χ0) is 5.91. The number of nitrogens with zero attached hydrogens (tertiary/aromatic N) is 1. The molecule has 0 unspecified atom stereocenters. The molecule has 0 saturated heterocycles. The third-order valence-electron chi connectivity index (χ3n) is 0.431. The molecule has 0 aromatic rings. The maximum absolute atomic E-state index is 8.04. The molecule has 0 aromatic carbocycles. The summed E-state index contributed by atoms with van der Waals surface area (Å²) in [5.41, 5.74) is -0.0608. The molecule has 0 aliphatic carbocycles. The number of hydrogen-bond acceptors (Lipinski definition) is 2. The normalized spacial score (nSPS) is 10.0. The molecule has 1 N–H and O–H groups in total. The summed E-state index contributed by atoms with van der Waals surface area (Å²) in [5, 5.41) is 10.6. The Hall–Kier alpha value is -0.710. The van der Waals surface area contributed by atoms with E-state index in [1.165, 1.54) is 0 Å². The van der Waals surface area contributed by atoms with Crippen LogP contribution in [0, 0.1) is 11.5 Å². The maximum atomic E-state index is 8.04. The molecule has 0 rings (SSSR count). The summed E-state index contributed by atoms with van der Waals surface area (Å²) in [5.74, 6) is 0. The summed E-state index contributed by atoms with van der Waals surface area (Å²) < 4.78 is 0. The molecular formula is C5H10N2. The summed E-state index contributed by atoms with van der Waals surface area (Å²) in [6.07, 6.45) is 1.86. The predicted molar refractivity (Wildman–Crippen MR) is 28.5 cm³/mol. The number of rotatable bonds is 0. The van der Waals surface area contributed by atoms with Gasteiger partial charge in [-0.2, -0.15) is 5.26 Å². The molecule has 0 aliphatic heterocycles. The van der Waals surface area contributed by atoms with Crippen molar-refractivity contribution in [2.75, 3.05) is 0 Å². The van der Waals surface area contributed by atoms with Gasteiger partial charge in [0.25, 0.3) is 0 Å². The van der Waals surface area contributed by atoms with Gasteiger partial charge < -0.3 is 5.32 Å². The second kappa shape index (κ2) is 1.83. The van der Waals surface area contributed by atoms with E-state index in [0.717, 1.165) is 0 Å². The van der Waals surface area contributed by atoms with E-state index in [1.54, 1.807) is 0 Å². The minimum Gasteiger partial charge on any atom is -0.319 e. The molecule has 0 spiro atoms. The predicted octanol–water partition coefficient (Wildman–Crippen LogP) is 0.856. The third kappa shape index (κ3) is 5.29. The second-order valence-electron chi connectivity index (χ2n) is 2.49. The molecule has 0 heterocycles. The van der Waals surface area contributed by atoms with Crippen LogP contribution in [-0.2, 0) is 0 Å². The fourth-order valence-electron chi connectivity index (χ4n) is 0.168. The Morgan fingerprint density at radius 1 is 1.43 bits per heavy atom. The lowest BCUT2D eigenvalue weighted by Gasteiger charge is -2.13. The van der Waals surface area contributed by atoms with E-state index in [0.29, 0.717) is 0 Å². The Labute approximate surface area is 44.1 Å². The van der Waals surface area contributed by atoms with E-state index in [4.69, 9.17) is 5.26 Å². The van der Waals surface area contributed by atoms with Crippen molar-refractivity contribution >= 4 is 0 Å². The fourth-order valence-corrected chi connectivity index (χ4v) is 0.168. The van der Waals surface area contributed by atoms with Crippen LogP contribution in [0.4, 0.5) is 0 Å². The molecular weight excluding hydrogens is 88.1 g/mol. The highest BCUT2D eigenvalue weighted by Crippen LogP contribution is 1.94. The first-order chi connectivity index (χ1) is 3.06. The fraction of sp³-hybridized carbons (Fsp3) is 0.800. The van der Waals surface area contributed by atoms with Crippen molar-refractivity contribution in [3.05, 3.63) is 0 Å². The SMILES string of the molecule is CC(C)(C)NC#N. The van der Waals surface area contributed by atoms with Crippen molar-refractivity contribution in [3.63, 3.8) is 0 Å². The molecule has 0 aliphatic rings. The van der Waals surface area contributed by atoms with Crippen LogP contribution in [-0.4, -0.2) is 5.54 Å². The van der Waals surface area contributed by atoms with Crippen LogP contribution >= 0.6 is 0 Å². The van der Waals surface area contributed by atoms with Gasteiger partial charge in [-0.25, -0.2) is 0 Å². The van der Waals surface area contributed by atoms with Gasteiger partial charge >= 0.3 is 0 Å². The molecule has 0 aromatic heterocycles. The first-order valence-electron chi connectivity index (χ1n) is 2.22. The quantitative estimate of drug-likeness (QED) is 0.360. The molecule has 0 fully saturated rings. The van der Waals surface area contributed by atoms with E-state index in [1.807, 2.05) is 27.0 Å². The zero-order valence-corrected chi connectivity index (χ0v) is 4.95. The Balaban J connectivity index is 3.40. The number of nitrogens with one attached hydrogen (secondary N) is 1. The topological polar surface area (TPSA) is 35.8 Å². The van der Waals surface area contributed by atoms with E-state index >= 15 is 0 Å². The minimum absolute atomic E-state index is 0.0608. The highest BCUT2D eigenvalue weighted by molar-refractivity contribution is 4.79. The van der Waals surface area contributed by atoms with Gasteiger partial charge in [0, 0.05) is 5.54 Å². The van der Waals surface area contributed by atoms with Crippen LogP contribution in [0.1, 0.15) is 20.8 Å². The standard InChI is InChI=1S/C5H10N2/c1-5(2,3)7-4-6/h7H,1-3H3. The maximum Gasteiger partial charge on any atom is 0.177 e. The van der Waals surface area contributed by atoms with Gasteiger partial charge in [-0.15, -0.1) is 0 Å². The van der Waals surface area contributed by atoms with E-state index in [9.17, 15) is 0 Å². The lowest BCUT2D eigenvalue weighted by atomic mass is 10.1. The first-order valence-corrected chi connectivity index (χ1v) is 2.22. The summed E-state index contributed by atoms with van der Waals surface area (Å²) in [6, 6.07) is 0. The lowest BCUT2D eigenvalue weighted by Crippen LogP contribution is -2.31. The molecule has 40 valence electrons. The van der Waals surface area contributed by atoms with Crippen molar-refractivity contribution < 1.29 is 0 Å². The molecule has 0 amide bonds. The molecule has 2 heteroatoms. The van der Waals surface area contributed by atoms with Crippen molar-refractivity contribution in [1.82, 2.24) is 5.32 Å². The Morgan fingerprint density at radius 3 is 1.86 bits per heavy atom. The molecule has 0 bridgehead atoms. The molecule has 0 atom stereocenters. The smallest absolute Gasteiger partial charge is 0.177 e. The monoisotopic (exact) mass is 98.1 g/mol. The summed E-state index contributed by atoms with van der Waals surface area (Å²) in [7, 11) is 0. The van der Waals surface area contributed by atoms with Gasteiger partial charge in [0.15, 0.2) is 6.19 Å². The van der Waals surface area contributed by atoms with Gasteiger partial charge in [0.1, 0.15) is 0 Å². The first kappa shape index (κ1) is 6.29.